The van der Waals surface area contributed by atoms with E-state index in [-0.39, 0.29) is 0 Å². The van der Waals surface area contributed by atoms with Gasteiger partial charge in [0.2, 0.25) is 5.95 Å². The summed E-state index contributed by atoms with van der Waals surface area (Å²) in [4.78, 5) is 12.2. The van der Waals surface area contributed by atoms with E-state index in [1.54, 1.807) is 0 Å². The van der Waals surface area contributed by atoms with Crippen LogP contribution in [0.2, 0.25) is 0 Å². The van der Waals surface area contributed by atoms with Crippen LogP contribution in [0, 0.1) is 6.92 Å². The van der Waals surface area contributed by atoms with Gasteiger partial charge in [-0.05, 0) is 56.7 Å². The molecule has 1 aliphatic rings. The van der Waals surface area contributed by atoms with E-state index in [2.05, 4.69) is 24.8 Å². The number of nitrogens with zero attached hydrogens (tertiary/aromatic N) is 3. The molecule has 2 heterocycles. The van der Waals surface area contributed by atoms with Crippen LogP contribution >= 0.6 is 0 Å². The zero-order chi connectivity index (χ0) is 16.9. The average Bonchev–Trinajstić information content (AvgIpc) is 2.61. The number of hydrogen-bond donors (Lipinski definition) is 1. The number of rotatable bonds is 5. The maximum absolute atomic E-state index is 6.01. The lowest BCUT2D eigenvalue weighted by Crippen LogP contribution is -2.31. The number of nitrogen functional groups attached to an aromatic ring is 1. The Morgan fingerprint density at radius 3 is 2.62 bits per heavy atom. The molecule has 1 fully saturated rings. The summed E-state index contributed by atoms with van der Waals surface area (Å²) in [5.41, 5.74) is 11.3. The van der Waals surface area contributed by atoms with Gasteiger partial charge < -0.3 is 10.6 Å². The minimum absolute atomic E-state index is 0.782. The van der Waals surface area contributed by atoms with E-state index >= 15 is 0 Å². The number of unbranched alkanes of at least 4 members (excludes halogenated alkanes) is 1. The summed E-state index contributed by atoms with van der Waals surface area (Å²) in [7, 11) is 0. The third-order valence-corrected chi connectivity index (χ3v) is 4.78. The Kier molecular flexibility index (Phi) is 5.34. The summed E-state index contributed by atoms with van der Waals surface area (Å²) < 4.78 is 0. The van der Waals surface area contributed by atoms with Gasteiger partial charge in [0, 0.05) is 30.0 Å². The highest BCUT2D eigenvalue weighted by Crippen LogP contribution is 2.29. The molecule has 0 amide bonds. The maximum atomic E-state index is 6.01. The Morgan fingerprint density at radius 1 is 1.12 bits per heavy atom. The first-order valence-electron chi connectivity index (χ1n) is 9.17. The van der Waals surface area contributed by atoms with Gasteiger partial charge in [0.25, 0.3) is 0 Å². The molecular formula is C20H28N4. The predicted octanol–water partition coefficient (Wildman–Crippen LogP) is 4.37. The highest BCUT2D eigenvalue weighted by Gasteiger charge is 2.18. The van der Waals surface area contributed by atoms with Crippen LogP contribution in [0.25, 0.3) is 11.3 Å². The molecule has 2 aromatic rings. The Morgan fingerprint density at radius 2 is 1.92 bits per heavy atom. The second-order valence-electron chi connectivity index (χ2n) is 6.71. The Balaban J connectivity index is 2.05. The van der Waals surface area contributed by atoms with Crippen molar-refractivity contribution in [2.24, 2.45) is 0 Å². The monoisotopic (exact) mass is 324 g/mol. The summed E-state index contributed by atoms with van der Waals surface area (Å²) >= 11 is 0. The number of hydrogen-bond acceptors (Lipinski definition) is 4. The van der Waals surface area contributed by atoms with E-state index < -0.39 is 0 Å². The molecule has 0 radical (unpaired) electrons. The van der Waals surface area contributed by atoms with E-state index in [0.717, 1.165) is 54.5 Å². The largest absolute Gasteiger partial charge is 0.399 e. The van der Waals surface area contributed by atoms with Crippen molar-refractivity contribution in [2.75, 3.05) is 23.7 Å². The number of anilines is 2. The first-order valence-corrected chi connectivity index (χ1v) is 9.17. The van der Waals surface area contributed by atoms with Crippen LogP contribution in [-0.2, 0) is 6.42 Å². The molecule has 4 nitrogen and oxygen atoms in total. The number of aryl methyl sites for hydroxylation is 1. The van der Waals surface area contributed by atoms with Gasteiger partial charge in [-0.1, -0.05) is 25.5 Å². The normalized spacial score (nSPS) is 14.8. The van der Waals surface area contributed by atoms with Crippen LogP contribution in [0.1, 0.15) is 50.3 Å². The van der Waals surface area contributed by atoms with Crippen LogP contribution in [0.5, 0.6) is 0 Å². The second kappa shape index (κ2) is 7.65. The van der Waals surface area contributed by atoms with E-state index in [1.165, 1.54) is 31.2 Å². The fourth-order valence-electron chi connectivity index (χ4n) is 3.39. The number of benzene rings is 1. The topological polar surface area (TPSA) is 55.0 Å². The minimum Gasteiger partial charge on any atom is -0.399 e. The summed E-state index contributed by atoms with van der Waals surface area (Å²) in [6.45, 7) is 6.46. The summed E-state index contributed by atoms with van der Waals surface area (Å²) in [5.74, 6) is 0.880. The Hall–Kier alpha value is -2.10. The smallest absolute Gasteiger partial charge is 0.226 e. The lowest BCUT2D eigenvalue weighted by atomic mass is 9.99. The molecule has 3 rings (SSSR count). The van der Waals surface area contributed by atoms with Crippen molar-refractivity contribution in [3.05, 3.63) is 35.5 Å². The van der Waals surface area contributed by atoms with E-state index in [4.69, 9.17) is 15.7 Å². The highest BCUT2D eigenvalue weighted by atomic mass is 15.3. The molecule has 0 spiro atoms. The number of aromatic nitrogens is 2. The van der Waals surface area contributed by atoms with Crippen LogP contribution < -0.4 is 10.6 Å². The number of nitrogens with two attached hydrogens (primary N) is 1. The van der Waals surface area contributed by atoms with Crippen molar-refractivity contribution in [1.29, 1.82) is 0 Å². The average molecular weight is 324 g/mol. The Labute approximate surface area is 145 Å². The predicted molar refractivity (Wildman–Crippen MR) is 101 cm³/mol. The first-order chi connectivity index (χ1) is 11.7. The van der Waals surface area contributed by atoms with Crippen molar-refractivity contribution in [3.63, 3.8) is 0 Å². The summed E-state index contributed by atoms with van der Waals surface area (Å²) in [5, 5.41) is 0. The van der Waals surface area contributed by atoms with Gasteiger partial charge in [-0.25, -0.2) is 9.97 Å². The van der Waals surface area contributed by atoms with Crippen LogP contribution in [0.3, 0.4) is 0 Å². The number of piperidine rings is 1. The lowest BCUT2D eigenvalue weighted by Gasteiger charge is -2.28. The van der Waals surface area contributed by atoms with Crippen molar-refractivity contribution >= 4 is 11.6 Å². The van der Waals surface area contributed by atoms with Gasteiger partial charge >= 0.3 is 0 Å². The molecule has 4 heteroatoms. The maximum Gasteiger partial charge on any atom is 0.226 e. The molecule has 1 aromatic carbocycles. The van der Waals surface area contributed by atoms with Gasteiger partial charge in [-0.3, -0.25) is 0 Å². The molecular weight excluding hydrogens is 296 g/mol. The molecule has 24 heavy (non-hydrogen) atoms. The SMILES string of the molecule is CCCCc1c(C)nc(N2CCCCC2)nc1-c1cccc(N)c1. The van der Waals surface area contributed by atoms with Crippen molar-refractivity contribution in [3.8, 4) is 11.3 Å². The molecule has 0 aliphatic carbocycles. The van der Waals surface area contributed by atoms with E-state index in [1.807, 2.05) is 18.2 Å². The first kappa shape index (κ1) is 16.7. The quantitative estimate of drug-likeness (QED) is 0.830. The lowest BCUT2D eigenvalue weighted by molar-refractivity contribution is 0.567. The van der Waals surface area contributed by atoms with Gasteiger partial charge in [0.05, 0.1) is 5.69 Å². The molecule has 2 N–H and O–H groups in total. The highest BCUT2D eigenvalue weighted by molar-refractivity contribution is 5.68. The molecule has 0 atom stereocenters. The molecule has 0 bridgehead atoms. The fourth-order valence-corrected chi connectivity index (χ4v) is 3.39. The van der Waals surface area contributed by atoms with Crippen molar-refractivity contribution < 1.29 is 0 Å². The zero-order valence-electron chi connectivity index (χ0n) is 14.9. The third-order valence-electron chi connectivity index (χ3n) is 4.78. The van der Waals surface area contributed by atoms with Gasteiger partial charge in [0.1, 0.15) is 0 Å². The van der Waals surface area contributed by atoms with Crippen LogP contribution in [0.15, 0.2) is 24.3 Å². The van der Waals surface area contributed by atoms with Crippen LogP contribution in [-0.4, -0.2) is 23.1 Å². The van der Waals surface area contributed by atoms with Crippen molar-refractivity contribution in [1.82, 2.24) is 9.97 Å². The zero-order valence-corrected chi connectivity index (χ0v) is 14.9. The minimum atomic E-state index is 0.782. The second-order valence-corrected chi connectivity index (χ2v) is 6.71. The van der Waals surface area contributed by atoms with Gasteiger partial charge in [-0.2, -0.15) is 0 Å². The van der Waals surface area contributed by atoms with E-state index in [0.29, 0.717) is 0 Å². The van der Waals surface area contributed by atoms with E-state index in [9.17, 15) is 0 Å². The fraction of sp³-hybridized carbons (Fsp3) is 0.500. The standard InChI is InChI=1S/C20H28N4/c1-3-4-11-18-15(2)22-20(24-12-6-5-7-13-24)23-19(18)16-9-8-10-17(21)14-16/h8-10,14H,3-7,11-13,21H2,1-2H3. The molecule has 128 valence electrons. The molecule has 1 aliphatic heterocycles. The van der Waals surface area contributed by atoms with Gasteiger partial charge in [0.15, 0.2) is 0 Å². The van der Waals surface area contributed by atoms with Crippen LogP contribution in [0.4, 0.5) is 11.6 Å². The summed E-state index contributed by atoms with van der Waals surface area (Å²) in [6, 6.07) is 8.06. The van der Waals surface area contributed by atoms with Gasteiger partial charge in [-0.15, -0.1) is 0 Å². The summed E-state index contributed by atoms with van der Waals surface area (Å²) in [6.07, 6.45) is 7.12. The molecule has 0 saturated carbocycles. The van der Waals surface area contributed by atoms with Crippen molar-refractivity contribution in [2.45, 2.75) is 52.4 Å². The molecule has 1 aromatic heterocycles. The third kappa shape index (κ3) is 3.69. The molecule has 0 unspecified atom stereocenters. The molecule has 1 saturated heterocycles. The Bertz CT molecular complexity index is 690.